The van der Waals surface area contributed by atoms with Crippen LogP contribution in [0.1, 0.15) is 5.89 Å². The van der Waals surface area contributed by atoms with Gasteiger partial charge in [-0.2, -0.15) is 0 Å². The lowest BCUT2D eigenvalue weighted by atomic mass is 10.2. The fourth-order valence-electron chi connectivity index (χ4n) is 2.66. The molecule has 0 unspecified atom stereocenters. The third kappa shape index (κ3) is 3.69. The van der Waals surface area contributed by atoms with Gasteiger partial charge in [-0.3, -0.25) is 9.80 Å². The van der Waals surface area contributed by atoms with Crippen LogP contribution in [-0.2, 0) is 6.54 Å². The minimum atomic E-state index is 0.736. The fraction of sp³-hybridized carbons (Fsp3) is 0.438. The highest BCUT2D eigenvalue weighted by Gasteiger charge is 2.18. The Bertz CT molecular complexity index is 546. The van der Waals surface area contributed by atoms with Crippen molar-refractivity contribution in [2.45, 2.75) is 6.54 Å². The highest BCUT2D eigenvalue weighted by molar-refractivity contribution is 5.55. The molecular weight excluding hydrogens is 264 g/mol. The number of piperazine rings is 1. The van der Waals surface area contributed by atoms with Crippen molar-refractivity contribution in [2.75, 3.05) is 39.3 Å². The standard InChI is InChI=1S/C16H22N4O/c17-6-7-19-8-10-20(11-9-19)13-16-18-12-15(21-16)14-4-2-1-3-5-14/h1-5,12H,6-11,13,17H2. The predicted molar refractivity (Wildman–Crippen MR) is 82.7 cm³/mol. The first kappa shape index (κ1) is 14.3. The predicted octanol–water partition coefficient (Wildman–Crippen LogP) is 1.42. The van der Waals surface area contributed by atoms with E-state index in [1.165, 1.54) is 0 Å². The number of hydrogen-bond donors (Lipinski definition) is 1. The Balaban J connectivity index is 1.56. The average molecular weight is 286 g/mol. The van der Waals surface area contributed by atoms with Gasteiger partial charge in [0.15, 0.2) is 5.76 Å². The molecule has 0 saturated carbocycles. The summed E-state index contributed by atoms with van der Waals surface area (Å²) >= 11 is 0. The van der Waals surface area contributed by atoms with Crippen molar-refractivity contribution >= 4 is 0 Å². The second kappa shape index (κ2) is 6.85. The maximum absolute atomic E-state index is 5.86. The summed E-state index contributed by atoms with van der Waals surface area (Å²) in [5.74, 6) is 1.63. The van der Waals surface area contributed by atoms with E-state index < -0.39 is 0 Å². The summed E-state index contributed by atoms with van der Waals surface area (Å²) in [6.07, 6.45) is 1.81. The molecule has 1 aromatic carbocycles. The van der Waals surface area contributed by atoms with E-state index in [2.05, 4.69) is 14.8 Å². The first-order valence-corrected chi connectivity index (χ1v) is 7.50. The SMILES string of the molecule is NCCN1CCN(Cc2ncc(-c3ccccc3)o2)CC1. The van der Waals surface area contributed by atoms with Gasteiger partial charge in [0.1, 0.15) is 0 Å². The van der Waals surface area contributed by atoms with Crippen LogP contribution in [0.25, 0.3) is 11.3 Å². The summed E-state index contributed by atoms with van der Waals surface area (Å²) in [6.45, 7) is 6.74. The third-order valence-electron chi connectivity index (χ3n) is 3.88. The zero-order chi connectivity index (χ0) is 14.5. The quantitative estimate of drug-likeness (QED) is 0.901. The lowest BCUT2D eigenvalue weighted by Crippen LogP contribution is -2.47. The summed E-state index contributed by atoms with van der Waals surface area (Å²) < 4.78 is 5.86. The summed E-state index contributed by atoms with van der Waals surface area (Å²) in [5.41, 5.74) is 6.67. The van der Waals surface area contributed by atoms with Crippen molar-refractivity contribution < 1.29 is 4.42 Å². The van der Waals surface area contributed by atoms with Gasteiger partial charge in [-0.05, 0) is 0 Å². The molecular formula is C16H22N4O. The summed E-state index contributed by atoms with van der Waals surface area (Å²) in [6, 6.07) is 10.1. The molecule has 21 heavy (non-hydrogen) atoms. The Morgan fingerprint density at radius 3 is 2.48 bits per heavy atom. The minimum absolute atomic E-state index is 0.736. The molecule has 1 aromatic heterocycles. The second-order valence-electron chi connectivity index (χ2n) is 5.39. The summed E-state index contributed by atoms with van der Waals surface area (Å²) in [5, 5.41) is 0. The molecule has 1 aliphatic rings. The Labute approximate surface area is 125 Å². The molecule has 2 heterocycles. The monoisotopic (exact) mass is 286 g/mol. The topological polar surface area (TPSA) is 58.5 Å². The molecule has 1 aliphatic heterocycles. The number of benzene rings is 1. The largest absolute Gasteiger partial charge is 0.439 e. The van der Waals surface area contributed by atoms with Crippen molar-refractivity contribution in [3.63, 3.8) is 0 Å². The van der Waals surface area contributed by atoms with Gasteiger partial charge in [-0.1, -0.05) is 30.3 Å². The lowest BCUT2D eigenvalue weighted by molar-refractivity contribution is 0.122. The van der Waals surface area contributed by atoms with E-state index in [0.717, 1.165) is 63.0 Å². The number of hydrogen-bond acceptors (Lipinski definition) is 5. The number of nitrogens with two attached hydrogens (primary N) is 1. The van der Waals surface area contributed by atoms with Gasteiger partial charge < -0.3 is 10.2 Å². The average Bonchev–Trinajstić information content (AvgIpc) is 2.99. The Morgan fingerprint density at radius 1 is 1.05 bits per heavy atom. The third-order valence-corrected chi connectivity index (χ3v) is 3.88. The van der Waals surface area contributed by atoms with Crippen LogP contribution < -0.4 is 5.73 Å². The highest BCUT2D eigenvalue weighted by atomic mass is 16.4. The van der Waals surface area contributed by atoms with Gasteiger partial charge in [-0.25, -0.2) is 4.98 Å². The van der Waals surface area contributed by atoms with Crippen LogP contribution >= 0.6 is 0 Å². The Hall–Kier alpha value is -1.69. The number of oxazole rings is 1. The van der Waals surface area contributed by atoms with Crippen molar-refractivity contribution in [3.05, 3.63) is 42.4 Å². The van der Waals surface area contributed by atoms with Crippen LogP contribution in [-0.4, -0.2) is 54.1 Å². The van der Waals surface area contributed by atoms with E-state index in [1.807, 2.05) is 36.5 Å². The zero-order valence-corrected chi connectivity index (χ0v) is 12.2. The lowest BCUT2D eigenvalue weighted by Gasteiger charge is -2.33. The van der Waals surface area contributed by atoms with Crippen molar-refractivity contribution in [1.29, 1.82) is 0 Å². The van der Waals surface area contributed by atoms with E-state index in [9.17, 15) is 0 Å². The smallest absolute Gasteiger partial charge is 0.209 e. The molecule has 3 rings (SSSR count). The van der Waals surface area contributed by atoms with E-state index in [-0.39, 0.29) is 0 Å². The molecule has 1 fully saturated rings. The van der Waals surface area contributed by atoms with Gasteiger partial charge >= 0.3 is 0 Å². The minimum Gasteiger partial charge on any atom is -0.439 e. The van der Waals surface area contributed by atoms with Crippen LogP contribution in [0.15, 0.2) is 40.9 Å². The summed E-state index contributed by atoms with van der Waals surface area (Å²) in [4.78, 5) is 9.19. The first-order valence-electron chi connectivity index (χ1n) is 7.50. The molecule has 0 bridgehead atoms. The van der Waals surface area contributed by atoms with E-state index in [0.29, 0.717) is 0 Å². The molecule has 112 valence electrons. The molecule has 5 heteroatoms. The zero-order valence-electron chi connectivity index (χ0n) is 12.2. The van der Waals surface area contributed by atoms with Gasteiger partial charge in [-0.15, -0.1) is 0 Å². The van der Waals surface area contributed by atoms with Crippen molar-refractivity contribution in [2.24, 2.45) is 5.73 Å². The van der Waals surface area contributed by atoms with Gasteiger partial charge in [0.25, 0.3) is 0 Å². The highest BCUT2D eigenvalue weighted by Crippen LogP contribution is 2.20. The molecule has 0 radical (unpaired) electrons. The van der Waals surface area contributed by atoms with Crippen LogP contribution in [0.4, 0.5) is 0 Å². The molecule has 0 aliphatic carbocycles. The molecule has 5 nitrogen and oxygen atoms in total. The maximum Gasteiger partial charge on any atom is 0.209 e. The van der Waals surface area contributed by atoms with Crippen LogP contribution in [0.2, 0.25) is 0 Å². The summed E-state index contributed by atoms with van der Waals surface area (Å²) in [7, 11) is 0. The van der Waals surface area contributed by atoms with Crippen LogP contribution in [0, 0.1) is 0 Å². The van der Waals surface area contributed by atoms with Gasteiger partial charge in [0, 0.05) is 44.8 Å². The van der Waals surface area contributed by atoms with E-state index in [4.69, 9.17) is 10.2 Å². The normalized spacial score (nSPS) is 17.2. The van der Waals surface area contributed by atoms with E-state index in [1.54, 1.807) is 0 Å². The van der Waals surface area contributed by atoms with Gasteiger partial charge in [0.05, 0.1) is 12.7 Å². The number of rotatable bonds is 5. The molecule has 0 atom stereocenters. The first-order chi connectivity index (χ1) is 10.3. The maximum atomic E-state index is 5.86. The fourth-order valence-corrected chi connectivity index (χ4v) is 2.66. The van der Waals surface area contributed by atoms with E-state index >= 15 is 0 Å². The van der Waals surface area contributed by atoms with Crippen molar-refractivity contribution in [3.8, 4) is 11.3 Å². The molecule has 0 spiro atoms. The van der Waals surface area contributed by atoms with Crippen molar-refractivity contribution in [1.82, 2.24) is 14.8 Å². The molecule has 0 amide bonds. The number of aromatic nitrogens is 1. The van der Waals surface area contributed by atoms with Gasteiger partial charge in [0.2, 0.25) is 5.89 Å². The second-order valence-corrected chi connectivity index (χ2v) is 5.39. The Morgan fingerprint density at radius 2 is 1.76 bits per heavy atom. The molecule has 1 saturated heterocycles. The molecule has 2 aromatic rings. The van der Waals surface area contributed by atoms with Crippen LogP contribution in [0.3, 0.4) is 0 Å². The molecule has 2 N–H and O–H groups in total. The Kier molecular flexibility index (Phi) is 4.65. The number of nitrogens with zero attached hydrogens (tertiary/aromatic N) is 3. The van der Waals surface area contributed by atoms with Crippen LogP contribution in [0.5, 0.6) is 0 Å².